The lowest BCUT2D eigenvalue weighted by atomic mass is 10.2. The monoisotopic (exact) mass is 244 g/mol. The van der Waals surface area contributed by atoms with Crippen LogP contribution in [0.5, 0.6) is 5.75 Å². The third-order valence-corrected chi connectivity index (χ3v) is 2.59. The molecule has 2 rings (SSSR count). The van der Waals surface area contributed by atoms with Crippen LogP contribution in [0.1, 0.15) is 22.5 Å². The highest BCUT2D eigenvalue weighted by Crippen LogP contribution is 2.11. The van der Waals surface area contributed by atoms with Crippen molar-refractivity contribution in [3.05, 3.63) is 47.8 Å². The van der Waals surface area contributed by atoms with Gasteiger partial charge in [-0.2, -0.15) is 5.10 Å². The van der Waals surface area contributed by atoms with Crippen molar-refractivity contribution in [1.82, 2.24) is 9.78 Å². The van der Waals surface area contributed by atoms with Crippen molar-refractivity contribution < 1.29 is 9.53 Å². The number of aryl methyl sites for hydroxylation is 2. The van der Waals surface area contributed by atoms with Gasteiger partial charge >= 0.3 is 0 Å². The number of ether oxygens (including phenoxy) is 1. The van der Waals surface area contributed by atoms with Gasteiger partial charge < -0.3 is 4.74 Å². The van der Waals surface area contributed by atoms with E-state index < -0.39 is 0 Å². The van der Waals surface area contributed by atoms with Crippen molar-refractivity contribution in [1.29, 1.82) is 0 Å². The van der Waals surface area contributed by atoms with Crippen molar-refractivity contribution in [3.8, 4) is 5.75 Å². The molecule has 0 bridgehead atoms. The van der Waals surface area contributed by atoms with Crippen LogP contribution in [0.3, 0.4) is 0 Å². The first-order valence-corrected chi connectivity index (χ1v) is 5.96. The van der Waals surface area contributed by atoms with Crippen LogP contribution in [-0.4, -0.2) is 22.7 Å². The zero-order valence-electron chi connectivity index (χ0n) is 10.4. The predicted molar refractivity (Wildman–Crippen MR) is 68.9 cm³/mol. The minimum Gasteiger partial charge on any atom is -0.494 e. The fourth-order valence-electron chi connectivity index (χ4n) is 1.65. The Morgan fingerprint density at radius 3 is 2.67 bits per heavy atom. The molecule has 1 heterocycles. The molecule has 4 nitrogen and oxygen atoms in total. The molecule has 0 atom stereocenters. The molecule has 0 saturated heterocycles. The molecule has 0 spiro atoms. The quantitative estimate of drug-likeness (QED) is 0.579. The van der Waals surface area contributed by atoms with Gasteiger partial charge in [-0.15, -0.1) is 0 Å². The average Bonchev–Trinajstić information content (AvgIpc) is 2.81. The third kappa shape index (κ3) is 3.45. The Kier molecular flexibility index (Phi) is 4.12. The first-order chi connectivity index (χ1) is 8.78. The van der Waals surface area contributed by atoms with Gasteiger partial charge in [-0.3, -0.25) is 9.48 Å². The number of hydrogen-bond donors (Lipinski definition) is 0. The van der Waals surface area contributed by atoms with Gasteiger partial charge in [-0.25, -0.2) is 0 Å². The SMILES string of the molecule is Cc1ccn(CCCOc2ccc(C=O)cc2)n1. The molecule has 0 aliphatic carbocycles. The van der Waals surface area contributed by atoms with E-state index in [4.69, 9.17) is 4.74 Å². The van der Waals surface area contributed by atoms with E-state index in [9.17, 15) is 4.79 Å². The summed E-state index contributed by atoms with van der Waals surface area (Å²) in [5, 5.41) is 4.30. The van der Waals surface area contributed by atoms with Gasteiger partial charge in [0.25, 0.3) is 0 Å². The van der Waals surface area contributed by atoms with E-state index in [1.54, 1.807) is 12.1 Å². The predicted octanol–water partition coefficient (Wildman–Crippen LogP) is 2.47. The van der Waals surface area contributed by atoms with E-state index in [2.05, 4.69) is 5.10 Å². The normalized spacial score (nSPS) is 10.3. The van der Waals surface area contributed by atoms with E-state index in [1.807, 2.05) is 36.0 Å². The summed E-state index contributed by atoms with van der Waals surface area (Å²) in [6.45, 7) is 3.46. The highest BCUT2D eigenvalue weighted by atomic mass is 16.5. The molecule has 0 unspecified atom stereocenters. The first-order valence-electron chi connectivity index (χ1n) is 5.96. The van der Waals surface area contributed by atoms with Crippen LogP contribution in [0, 0.1) is 6.92 Å². The molecule has 0 aliphatic heterocycles. The van der Waals surface area contributed by atoms with Gasteiger partial charge in [-0.05, 0) is 37.3 Å². The number of hydrogen-bond acceptors (Lipinski definition) is 3. The maximum Gasteiger partial charge on any atom is 0.150 e. The van der Waals surface area contributed by atoms with Gasteiger partial charge in [0, 0.05) is 24.7 Å². The lowest BCUT2D eigenvalue weighted by Crippen LogP contribution is -2.05. The molecule has 18 heavy (non-hydrogen) atoms. The van der Waals surface area contributed by atoms with Crippen molar-refractivity contribution >= 4 is 6.29 Å². The maximum absolute atomic E-state index is 10.5. The molecule has 2 aromatic rings. The molecule has 1 aromatic heterocycles. The molecule has 0 aliphatic rings. The van der Waals surface area contributed by atoms with Crippen LogP contribution in [0.2, 0.25) is 0 Å². The molecule has 0 saturated carbocycles. The fourth-order valence-corrected chi connectivity index (χ4v) is 1.65. The third-order valence-electron chi connectivity index (χ3n) is 2.59. The number of rotatable bonds is 6. The molecule has 4 heteroatoms. The Morgan fingerprint density at radius 2 is 2.06 bits per heavy atom. The van der Waals surface area contributed by atoms with Gasteiger partial charge in [0.1, 0.15) is 12.0 Å². The van der Waals surface area contributed by atoms with Crippen LogP contribution in [0.4, 0.5) is 0 Å². The summed E-state index contributed by atoms with van der Waals surface area (Å²) in [6.07, 6.45) is 3.69. The van der Waals surface area contributed by atoms with Crippen LogP contribution >= 0.6 is 0 Å². The zero-order chi connectivity index (χ0) is 12.8. The van der Waals surface area contributed by atoms with Crippen molar-refractivity contribution in [2.24, 2.45) is 0 Å². The molecular formula is C14H16N2O2. The number of aromatic nitrogens is 2. The van der Waals surface area contributed by atoms with E-state index >= 15 is 0 Å². The molecule has 0 fully saturated rings. The lowest BCUT2D eigenvalue weighted by Gasteiger charge is -2.06. The molecular weight excluding hydrogens is 228 g/mol. The largest absolute Gasteiger partial charge is 0.494 e. The lowest BCUT2D eigenvalue weighted by molar-refractivity contribution is 0.112. The zero-order valence-corrected chi connectivity index (χ0v) is 10.4. The summed E-state index contributed by atoms with van der Waals surface area (Å²) >= 11 is 0. The molecule has 94 valence electrons. The summed E-state index contributed by atoms with van der Waals surface area (Å²) < 4.78 is 7.49. The van der Waals surface area contributed by atoms with Crippen LogP contribution in [0.25, 0.3) is 0 Å². The second-order valence-electron chi connectivity index (χ2n) is 4.11. The Bertz CT molecular complexity index is 503. The highest BCUT2D eigenvalue weighted by molar-refractivity contribution is 5.74. The summed E-state index contributed by atoms with van der Waals surface area (Å²) in [7, 11) is 0. The smallest absolute Gasteiger partial charge is 0.150 e. The minimum absolute atomic E-state index is 0.638. The number of carbonyl (C=O) groups excluding carboxylic acids is 1. The van der Waals surface area contributed by atoms with E-state index in [-0.39, 0.29) is 0 Å². The molecule has 0 amide bonds. The van der Waals surface area contributed by atoms with E-state index in [0.717, 1.165) is 30.7 Å². The van der Waals surface area contributed by atoms with E-state index in [0.29, 0.717) is 12.2 Å². The summed E-state index contributed by atoms with van der Waals surface area (Å²) in [5.41, 5.74) is 1.69. The second kappa shape index (κ2) is 6.00. The standard InChI is InChI=1S/C14H16N2O2/c1-12-7-9-16(15-12)8-2-10-18-14-5-3-13(11-17)4-6-14/h3-7,9,11H,2,8,10H2,1H3. The number of nitrogens with zero attached hydrogens (tertiary/aromatic N) is 2. The van der Waals surface area contributed by atoms with Crippen molar-refractivity contribution in [2.75, 3.05) is 6.61 Å². The van der Waals surface area contributed by atoms with Crippen LogP contribution in [0.15, 0.2) is 36.5 Å². The summed E-state index contributed by atoms with van der Waals surface area (Å²) in [6, 6.07) is 9.10. The topological polar surface area (TPSA) is 44.1 Å². The van der Waals surface area contributed by atoms with Gasteiger partial charge in [0.05, 0.1) is 12.3 Å². The van der Waals surface area contributed by atoms with Gasteiger partial charge in [-0.1, -0.05) is 0 Å². The second-order valence-corrected chi connectivity index (χ2v) is 4.11. The highest BCUT2D eigenvalue weighted by Gasteiger charge is 1.96. The van der Waals surface area contributed by atoms with Crippen molar-refractivity contribution in [3.63, 3.8) is 0 Å². The summed E-state index contributed by atoms with van der Waals surface area (Å²) in [4.78, 5) is 10.5. The number of aldehydes is 1. The van der Waals surface area contributed by atoms with Crippen molar-refractivity contribution in [2.45, 2.75) is 19.9 Å². The molecule has 0 radical (unpaired) electrons. The average molecular weight is 244 g/mol. The molecule has 1 aromatic carbocycles. The van der Waals surface area contributed by atoms with E-state index in [1.165, 1.54) is 0 Å². The minimum atomic E-state index is 0.638. The number of benzene rings is 1. The first kappa shape index (κ1) is 12.4. The summed E-state index contributed by atoms with van der Waals surface area (Å²) in [5.74, 6) is 0.789. The number of carbonyl (C=O) groups is 1. The fraction of sp³-hybridized carbons (Fsp3) is 0.286. The Hall–Kier alpha value is -2.10. The Balaban J connectivity index is 1.73. The van der Waals surface area contributed by atoms with Crippen LogP contribution < -0.4 is 4.74 Å². The van der Waals surface area contributed by atoms with Crippen LogP contribution in [-0.2, 0) is 6.54 Å². The molecule has 0 N–H and O–H groups in total. The maximum atomic E-state index is 10.5. The Morgan fingerprint density at radius 1 is 1.28 bits per heavy atom. The Labute approximate surface area is 106 Å². The van der Waals surface area contributed by atoms with Gasteiger partial charge in [0.2, 0.25) is 0 Å². The van der Waals surface area contributed by atoms with Gasteiger partial charge in [0.15, 0.2) is 0 Å².